The molecule has 5 heteroatoms. The molecule has 19 heavy (non-hydrogen) atoms. The van der Waals surface area contributed by atoms with E-state index in [-0.39, 0.29) is 17.6 Å². The lowest BCUT2D eigenvalue weighted by atomic mass is 10.1. The van der Waals surface area contributed by atoms with E-state index in [0.29, 0.717) is 11.1 Å². The van der Waals surface area contributed by atoms with Gasteiger partial charge in [0.2, 0.25) is 0 Å². The van der Waals surface area contributed by atoms with Crippen molar-refractivity contribution in [2.75, 3.05) is 0 Å². The summed E-state index contributed by atoms with van der Waals surface area (Å²) in [4.78, 5) is 36.2. The van der Waals surface area contributed by atoms with E-state index in [9.17, 15) is 14.4 Å². The quantitative estimate of drug-likeness (QED) is 0.591. The summed E-state index contributed by atoms with van der Waals surface area (Å²) < 4.78 is 0. The van der Waals surface area contributed by atoms with Gasteiger partial charge in [-0.1, -0.05) is 12.1 Å². The average Bonchev–Trinajstić information content (AvgIpc) is 2.82. The van der Waals surface area contributed by atoms with Crippen LogP contribution in [0.1, 0.15) is 41.5 Å². The molecular formula is C14H14N2O3. The highest BCUT2D eigenvalue weighted by atomic mass is 16.2. The minimum atomic E-state index is -0.487. The topological polar surface area (TPSA) is 57.5 Å². The molecular weight excluding hydrogens is 244 g/mol. The first-order chi connectivity index (χ1) is 8.87. The molecule has 2 atom stereocenters. The van der Waals surface area contributed by atoms with Gasteiger partial charge in [-0.05, 0) is 32.9 Å². The van der Waals surface area contributed by atoms with Gasteiger partial charge < -0.3 is 0 Å². The average molecular weight is 258 g/mol. The van der Waals surface area contributed by atoms with Gasteiger partial charge in [0.1, 0.15) is 6.04 Å². The lowest BCUT2D eigenvalue weighted by Crippen LogP contribution is -2.38. The Morgan fingerprint density at radius 2 is 1.58 bits per heavy atom. The Bertz CT molecular complexity index is 586. The monoisotopic (exact) mass is 258 g/mol. The smallest absolute Gasteiger partial charge is 0.276 e. The molecule has 98 valence electrons. The van der Waals surface area contributed by atoms with Crippen molar-refractivity contribution < 1.29 is 14.4 Å². The molecule has 1 aromatic carbocycles. The molecule has 0 aliphatic carbocycles. The van der Waals surface area contributed by atoms with Crippen molar-refractivity contribution in [2.45, 2.75) is 32.4 Å². The highest BCUT2D eigenvalue weighted by molar-refractivity contribution is 6.21. The molecule has 0 spiro atoms. The lowest BCUT2D eigenvalue weighted by Gasteiger charge is -2.17. The molecule has 2 amide bonds. The fraction of sp³-hybridized carbons (Fsp3) is 0.357. The first-order valence-corrected chi connectivity index (χ1v) is 6.15. The zero-order valence-electron chi connectivity index (χ0n) is 11.0. The van der Waals surface area contributed by atoms with E-state index in [2.05, 4.69) is 0 Å². The van der Waals surface area contributed by atoms with Gasteiger partial charge in [-0.3, -0.25) is 14.4 Å². The van der Waals surface area contributed by atoms with E-state index in [4.69, 9.17) is 0 Å². The van der Waals surface area contributed by atoms with Crippen molar-refractivity contribution in [1.82, 2.24) is 10.0 Å². The van der Waals surface area contributed by atoms with Gasteiger partial charge in [0.25, 0.3) is 11.8 Å². The summed E-state index contributed by atoms with van der Waals surface area (Å²) in [6.45, 7) is 5.18. The Morgan fingerprint density at radius 1 is 1.11 bits per heavy atom. The van der Waals surface area contributed by atoms with Crippen LogP contribution in [-0.4, -0.2) is 39.2 Å². The number of ketones is 1. The number of hydrazine groups is 1. The summed E-state index contributed by atoms with van der Waals surface area (Å²) in [6.07, 6.45) is 0. The molecule has 1 aromatic rings. The van der Waals surface area contributed by atoms with E-state index in [1.807, 2.05) is 13.8 Å². The Kier molecular flexibility index (Phi) is 2.23. The van der Waals surface area contributed by atoms with Crippen molar-refractivity contribution in [3.05, 3.63) is 35.4 Å². The van der Waals surface area contributed by atoms with Gasteiger partial charge in [0.15, 0.2) is 5.78 Å². The molecule has 2 heterocycles. The molecule has 5 nitrogen and oxygen atoms in total. The van der Waals surface area contributed by atoms with Crippen LogP contribution < -0.4 is 0 Å². The van der Waals surface area contributed by atoms with Crippen LogP contribution in [0, 0.1) is 0 Å². The van der Waals surface area contributed by atoms with E-state index in [0.717, 1.165) is 5.01 Å². The van der Waals surface area contributed by atoms with Gasteiger partial charge in [-0.2, -0.15) is 5.01 Å². The molecule has 1 fully saturated rings. The molecule has 3 rings (SSSR count). The summed E-state index contributed by atoms with van der Waals surface area (Å²) >= 11 is 0. The Morgan fingerprint density at radius 3 is 1.95 bits per heavy atom. The second-order valence-electron chi connectivity index (χ2n) is 5.48. The van der Waals surface area contributed by atoms with E-state index >= 15 is 0 Å². The summed E-state index contributed by atoms with van der Waals surface area (Å²) in [5.74, 6) is -0.739. The third-order valence-electron chi connectivity index (χ3n) is 3.81. The van der Waals surface area contributed by atoms with Gasteiger partial charge in [-0.15, -0.1) is 0 Å². The molecule has 0 bridgehead atoms. The zero-order chi connectivity index (χ0) is 13.9. The maximum atomic E-state index is 12.3. The predicted octanol–water partition coefficient (Wildman–Crippen LogP) is 1.25. The van der Waals surface area contributed by atoms with E-state index in [1.54, 1.807) is 29.3 Å². The second-order valence-corrected chi connectivity index (χ2v) is 5.48. The molecule has 0 aromatic heterocycles. The first kappa shape index (κ1) is 12.0. The minimum absolute atomic E-state index is 0.0402. The van der Waals surface area contributed by atoms with Crippen LogP contribution in [0.4, 0.5) is 0 Å². The number of carbonyl (C=O) groups excluding carboxylic acids is 3. The summed E-state index contributed by atoms with van der Waals surface area (Å²) in [5.41, 5.74) is 0.314. The van der Waals surface area contributed by atoms with Crippen LogP contribution in [0.5, 0.6) is 0 Å². The van der Waals surface area contributed by atoms with Crippen LogP contribution in [0.3, 0.4) is 0 Å². The summed E-state index contributed by atoms with van der Waals surface area (Å²) in [5, 5.41) is 2.68. The Labute approximate surface area is 110 Å². The molecule has 2 aliphatic heterocycles. The maximum Gasteiger partial charge on any atom is 0.276 e. The van der Waals surface area contributed by atoms with Gasteiger partial charge >= 0.3 is 0 Å². The summed E-state index contributed by atoms with van der Waals surface area (Å²) in [7, 11) is 0. The number of rotatable bonds is 2. The van der Waals surface area contributed by atoms with Crippen molar-refractivity contribution in [3.63, 3.8) is 0 Å². The van der Waals surface area contributed by atoms with Crippen LogP contribution in [0.2, 0.25) is 0 Å². The van der Waals surface area contributed by atoms with E-state index in [1.165, 1.54) is 6.92 Å². The second kappa shape index (κ2) is 3.51. The molecule has 2 unspecified atom stereocenters. The number of benzene rings is 1. The number of fused-ring (bicyclic) bond motifs is 1. The highest BCUT2D eigenvalue weighted by Crippen LogP contribution is 2.45. The van der Waals surface area contributed by atoms with E-state index < -0.39 is 11.6 Å². The number of hydrogen-bond acceptors (Lipinski definition) is 4. The van der Waals surface area contributed by atoms with Crippen molar-refractivity contribution >= 4 is 17.6 Å². The Hall–Kier alpha value is -2.01. The Balaban J connectivity index is 2.01. The zero-order valence-corrected chi connectivity index (χ0v) is 11.0. The van der Waals surface area contributed by atoms with Crippen molar-refractivity contribution in [2.24, 2.45) is 0 Å². The van der Waals surface area contributed by atoms with Crippen molar-refractivity contribution in [3.8, 4) is 0 Å². The number of carbonyl (C=O) groups is 3. The van der Waals surface area contributed by atoms with Crippen LogP contribution >= 0.6 is 0 Å². The molecule has 0 radical (unpaired) electrons. The van der Waals surface area contributed by atoms with Gasteiger partial charge in [0.05, 0.1) is 16.7 Å². The lowest BCUT2D eigenvalue weighted by molar-refractivity contribution is -0.117. The molecule has 2 aliphatic rings. The standard InChI is InChI=1S/C14H14N2O3/c1-8(17)11-14(2,3)16(11)15-12(18)9-6-4-5-7-10(9)13(15)19/h4-7,11H,1-3H3. The highest BCUT2D eigenvalue weighted by Gasteiger charge is 2.65. The number of Topliss-reactive ketones (excluding diaryl/α,β-unsaturated/α-hetero) is 1. The van der Waals surface area contributed by atoms with Gasteiger partial charge in [0, 0.05) is 0 Å². The normalized spacial score (nSPS) is 27.4. The SMILES string of the molecule is CC(=O)C1N(N2C(=O)c3ccccc3C2=O)C1(C)C. The molecule has 0 saturated carbocycles. The maximum absolute atomic E-state index is 12.3. The number of imide groups is 1. The van der Waals surface area contributed by atoms with Crippen LogP contribution in [0.25, 0.3) is 0 Å². The molecule has 1 saturated heterocycles. The third kappa shape index (κ3) is 1.42. The number of hydrogen-bond donors (Lipinski definition) is 0. The number of nitrogens with zero attached hydrogens (tertiary/aromatic N) is 2. The van der Waals surface area contributed by atoms with Crippen LogP contribution in [0.15, 0.2) is 24.3 Å². The molecule has 0 N–H and O–H groups in total. The minimum Gasteiger partial charge on any atom is -0.298 e. The first-order valence-electron chi connectivity index (χ1n) is 6.15. The predicted molar refractivity (Wildman–Crippen MR) is 67.3 cm³/mol. The van der Waals surface area contributed by atoms with Crippen LogP contribution in [-0.2, 0) is 4.79 Å². The summed E-state index contributed by atoms with van der Waals surface area (Å²) in [6, 6.07) is 6.31. The van der Waals surface area contributed by atoms with Crippen molar-refractivity contribution in [1.29, 1.82) is 0 Å². The largest absolute Gasteiger partial charge is 0.298 e. The third-order valence-corrected chi connectivity index (χ3v) is 3.81. The number of amides is 2. The van der Waals surface area contributed by atoms with Gasteiger partial charge in [-0.25, -0.2) is 5.01 Å². The fourth-order valence-corrected chi connectivity index (χ4v) is 2.88. The fourth-order valence-electron chi connectivity index (χ4n) is 2.88.